The molecule has 2 N–H and O–H groups in total. The molecule has 19 heavy (non-hydrogen) atoms. The molecule has 1 aliphatic rings. The monoisotopic (exact) mass is 288 g/mol. The minimum Gasteiger partial charge on any atom is -0.338 e. The lowest BCUT2D eigenvalue weighted by Crippen LogP contribution is -2.30. The molecule has 0 spiro atoms. The van der Waals surface area contributed by atoms with Gasteiger partial charge in [0.25, 0.3) is 0 Å². The van der Waals surface area contributed by atoms with Crippen LogP contribution in [0.25, 0.3) is 0 Å². The van der Waals surface area contributed by atoms with E-state index in [1.54, 1.807) is 0 Å². The van der Waals surface area contributed by atoms with E-state index in [-0.39, 0.29) is 11.9 Å². The van der Waals surface area contributed by atoms with E-state index in [2.05, 4.69) is 15.0 Å². The number of nitrogens with zero attached hydrogens (tertiary/aromatic N) is 3. The minimum atomic E-state index is -3.24. The first kappa shape index (κ1) is 14.4. The van der Waals surface area contributed by atoms with Gasteiger partial charge in [0.15, 0.2) is 15.7 Å². The smallest absolute Gasteiger partial charge is 0.244 e. The molecule has 108 valence electrons. The van der Waals surface area contributed by atoms with Crippen LogP contribution in [0.1, 0.15) is 42.8 Å². The zero-order chi connectivity index (χ0) is 14.0. The minimum absolute atomic E-state index is 0.106. The number of aromatic nitrogens is 2. The van der Waals surface area contributed by atoms with Gasteiger partial charge in [-0.05, 0) is 32.9 Å². The highest BCUT2D eigenvalue weighted by molar-refractivity contribution is 7.90. The van der Waals surface area contributed by atoms with Crippen molar-refractivity contribution < 1.29 is 12.9 Å². The van der Waals surface area contributed by atoms with Crippen LogP contribution in [0.2, 0.25) is 0 Å². The van der Waals surface area contributed by atoms with Crippen LogP contribution in [0.15, 0.2) is 4.52 Å². The molecule has 0 radical (unpaired) electrons. The summed E-state index contributed by atoms with van der Waals surface area (Å²) in [5, 5.41) is 2.99. The van der Waals surface area contributed by atoms with Crippen LogP contribution in [-0.2, 0) is 9.84 Å². The zero-order valence-corrected chi connectivity index (χ0v) is 12.1. The molecular formula is C11H20N4O3S. The number of nitrogens with two attached hydrogens (primary N) is 1. The predicted octanol–water partition coefficient (Wildman–Crippen LogP) is 0.271. The number of sulfone groups is 1. The molecule has 8 heteroatoms. The first-order valence-corrected chi connectivity index (χ1v) is 8.33. The highest BCUT2D eigenvalue weighted by Gasteiger charge is 2.26. The van der Waals surface area contributed by atoms with E-state index < -0.39 is 15.1 Å². The third-order valence-corrected chi connectivity index (χ3v) is 4.92. The number of rotatable bonds is 5. The summed E-state index contributed by atoms with van der Waals surface area (Å²) in [5.41, 5.74) is 6.02. The number of hydrogen-bond donors (Lipinski definition) is 1. The Morgan fingerprint density at radius 2 is 2.05 bits per heavy atom. The van der Waals surface area contributed by atoms with Crippen molar-refractivity contribution in [2.45, 2.75) is 31.1 Å². The van der Waals surface area contributed by atoms with Gasteiger partial charge in [-0.3, -0.25) is 0 Å². The van der Waals surface area contributed by atoms with E-state index >= 15 is 0 Å². The summed E-state index contributed by atoms with van der Waals surface area (Å²) in [7, 11) is -3.24. The molecule has 0 bridgehead atoms. The average Bonchev–Trinajstić information content (AvgIpc) is 2.96. The second-order valence-electron chi connectivity index (χ2n) is 5.08. The first-order valence-electron chi connectivity index (χ1n) is 6.38. The highest BCUT2D eigenvalue weighted by Crippen LogP contribution is 2.20. The van der Waals surface area contributed by atoms with E-state index in [4.69, 9.17) is 10.3 Å². The van der Waals surface area contributed by atoms with Crippen LogP contribution >= 0.6 is 0 Å². The van der Waals surface area contributed by atoms with E-state index in [1.807, 2.05) is 0 Å². The molecule has 2 atom stereocenters. The normalized spacial score (nSPS) is 20.6. The van der Waals surface area contributed by atoms with Gasteiger partial charge in [-0.15, -0.1) is 0 Å². The lowest BCUT2D eigenvalue weighted by Gasteiger charge is -2.17. The molecule has 2 rings (SSSR count). The van der Waals surface area contributed by atoms with Crippen molar-refractivity contribution in [3.63, 3.8) is 0 Å². The maximum atomic E-state index is 11.4. The summed E-state index contributed by atoms with van der Waals surface area (Å²) in [6, 6.07) is -0.345. The molecule has 1 fully saturated rings. The Bertz CT molecular complexity index is 522. The van der Waals surface area contributed by atoms with Crippen LogP contribution in [0, 0.1) is 0 Å². The summed E-state index contributed by atoms with van der Waals surface area (Å²) >= 11 is 0. The van der Waals surface area contributed by atoms with Crippen molar-refractivity contribution in [3.05, 3.63) is 11.7 Å². The van der Waals surface area contributed by atoms with Crippen molar-refractivity contribution in [1.29, 1.82) is 0 Å². The van der Waals surface area contributed by atoms with Gasteiger partial charge in [0.05, 0.1) is 6.04 Å². The zero-order valence-electron chi connectivity index (χ0n) is 11.2. The number of hydrogen-bond acceptors (Lipinski definition) is 7. The maximum absolute atomic E-state index is 11.4. The van der Waals surface area contributed by atoms with Gasteiger partial charge in [0.1, 0.15) is 5.25 Å². The van der Waals surface area contributed by atoms with Crippen molar-refractivity contribution in [2.75, 3.05) is 25.9 Å². The van der Waals surface area contributed by atoms with Gasteiger partial charge >= 0.3 is 0 Å². The summed E-state index contributed by atoms with van der Waals surface area (Å²) in [6.07, 6.45) is 3.52. The molecule has 0 amide bonds. The molecule has 1 aliphatic heterocycles. The molecule has 2 heterocycles. The van der Waals surface area contributed by atoms with Crippen LogP contribution in [0.3, 0.4) is 0 Å². The summed E-state index contributed by atoms with van der Waals surface area (Å²) in [4.78, 5) is 6.36. The fourth-order valence-corrected chi connectivity index (χ4v) is 2.53. The molecule has 7 nitrogen and oxygen atoms in total. The molecule has 1 aromatic heterocycles. The Morgan fingerprint density at radius 1 is 1.42 bits per heavy atom. The van der Waals surface area contributed by atoms with Crippen molar-refractivity contribution in [3.8, 4) is 0 Å². The topological polar surface area (TPSA) is 102 Å². The number of likely N-dealkylation sites (tertiary alicyclic amines) is 1. The van der Waals surface area contributed by atoms with Crippen molar-refractivity contribution in [2.24, 2.45) is 5.73 Å². The Morgan fingerprint density at radius 3 is 2.63 bits per heavy atom. The standard InChI is InChI=1S/C11H20N4O3S/c1-8(19(2,16)17)11-13-10(14-18-11)9(12)7-15-5-3-4-6-15/h8-9H,3-7,12H2,1-2H3. The average molecular weight is 288 g/mol. The van der Waals surface area contributed by atoms with Crippen LogP contribution in [-0.4, -0.2) is 49.3 Å². The molecule has 0 aromatic carbocycles. The summed E-state index contributed by atoms with van der Waals surface area (Å²) in [6.45, 7) is 4.28. The third-order valence-electron chi connectivity index (χ3n) is 3.43. The summed E-state index contributed by atoms with van der Waals surface area (Å²) < 4.78 is 27.8. The van der Waals surface area contributed by atoms with Gasteiger partial charge in [-0.2, -0.15) is 4.98 Å². The molecule has 0 aliphatic carbocycles. The molecule has 0 saturated carbocycles. The van der Waals surface area contributed by atoms with E-state index in [0.29, 0.717) is 12.4 Å². The van der Waals surface area contributed by atoms with Crippen LogP contribution in [0.4, 0.5) is 0 Å². The fourth-order valence-electron chi connectivity index (χ4n) is 2.07. The maximum Gasteiger partial charge on any atom is 0.244 e. The van der Waals surface area contributed by atoms with Crippen LogP contribution in [0.5, 0.6) is 0 Å². The van der Waals surface area contributed by atoms with Gasteiger partial charge in [0.2, 0.25) is 5.89 Å². The predicted molar refractivity (Wildman–Crippen MR) is 70.2 cm³/mol. The molecular weight excluding hydrogens is 268 g/mol. The molecule has 1 saturated heterocycles. The van der Waals surface area contributed by atoms with Crippen molar-refractivity contribution in [1.82, 2.24) is 15.0 Å². The second-order valence-corrected chi connectivity index (χ2v) is 7.44. The first-order chi connectivity index (χ1) is 8.88. The van der Waals surface area contributed by atoms with Crippen LogP contribution < -0.4 is 5.73 Å². The lowest BCUT2D eigenvalue weighted by atomic mass is 10.3. The SMILES string of the molecule is CC(c1nc(C(N)CN2CCCC2)no1)S(C)(=O)=O. The van der Waals surface area contributed by atoms with Gasteiger partial charge in [0, 0.05) is 12.8 Å². The Labute approximate surface area is 113 Å². The van der Waals surface area contributed by atoms with E-state index in [9.17, 15) is 8.42 Å². The Kier molecular flexibility index (Phi) is 4.22. The van der Waals surface area contributed by atoms with Gasteiger partial charge in [-0.1, -0.05) is 5.16 Å². The lowest BCUT2D eigenvalue weighted by molar-refractivity contribution is 0.305. The Balaban J connectivity index is 2.03. The molecule has 2 unspecified atom stereocenters. The molecule has 1 aromatic rings. The summed E-state index contributed by atoms with van der Waals surface area (Å²) in [5.74, 6) is 0.478. The fraction of sp³-hybridized carbons (Fsp3) is 0.818. The highest BCUT2D eigenvalue weighted by atomic mass is 32.2. The second kappa shape index (κ2) is 5.56. The van der Waals surface area contributed by atoms with Gasteiger partial charge in [-0.25, -0.2) is 8.42 Å². The van der Waals surface area contributed by atoms with E-state index in [1.165, 1.54) is 19.8 Å². The third kappa shape index (κ3) is 3.52. The Hall–Kier alpha value is -0.990. The largest absolute Gasteiger partial charge is 0.338 e. The van der Waals surface area contributed by atoms with Crippen molar-refractivity contribution >= 4 is 9.84 Å². The van der Waals surface area contributed by atoms with Gasteiger partial charge < -0.3 is 15.2 Å². The van der Waals surface area contributed by atoms with E-state index in [0.717, 1.165) is 19.3 Å². The quantitative estimate of drug-likeness (QED) is 0.829.